The number of amides is 1. The van der Waals surface area contributed by atoms with Crippen molar-refractivity contribution in [2.24, 2.45) is 5.92 Å². The van der Waals surface area contributed by atoms with Crippen LogP contribution in [0.5, 0.6) is 5.75 Å². The Labute approximate surface area is 122 Å². The van der Waals surface area contributed by atoms with Crippen LogP contribution >= 0.6 is 0 Å². The molecule has 0 bridgehead atoms. The normalized spacial score (nSPS) is 21.9. The van der Waals surface area contributed by atoms with Gasteiger partial charge < -0.3 is 14.7 Å². The average Bonchev–Trinajstić information content (AvgIpc) is 2.44. The fourth-order valence-corrected chi connectivity index (χ4v) is 2.55. The molecule has 0 radical (unpaired) electrons. The molecule has 1 fully saturated rings. The summed E-state index contributed by atoms with van der Waals surface area (Å²) in [6.07, 6.45) is 0.895. The zero-order valence-corrected chi connectivity index (χ0v) is 11.8. The number of aliphatic carboxylic acids is 1. The molecule has 1 heterocycles. The van der Waals surface area contributed by atoms with Gasteiger partial charge in [0.25, 0.3) is 5.91 Å². The zero-order chi connectivity index (χ0) is 15.4. The zero-order valence-electron chi connectivity index (χ0n) is 11.8. The van der Waals surface area contributed by atoms with E-state index in [-0.39, 0.29) is 18.6 Å². The molecular weight excluding hydrogens is 277 g/mol. The van der Waals surface area contributed by atoms with Crippen molar-refractivity contribution in [1.29, 1.82) is 0 Å². The van der Waals surface area contributed by atoms with Crippen molar-refractivity contribution in [3.63, 3.8) is 0 Å². The second-order valence-electron chi connectivity index (χ2n) is 5.24. The van der Waals surface area contributed by atoms with Crippen molar-refractivity contribution in [2.45, 2.75) is 25.8 Å². The van der Waals surface area contributed by atoms with E-state index in [1.165, 1.54) is 18.2 Å². The Balaban J connectivity index is 1.88. The van der Waals surface area contributed by atoms with Gasteiger partial charge in [0.1, 0.15) is 11.6 Å². The number of piperidine rings is 1. The summed E-state index contributed by atoms with van der Waals surface area (Å²) < 4.78 is 18.3. The molecule has 0 aromatic heterocycles. The van der Waals surface area contributed by atoms with Gasteiger partial charge in [0.05, 0.1) is 5.92 Å². The van der Waals surface area contributed by atoms with Gasteiger partial charge in [0, 0.05) is 18.7 Å². The van der Waals surface area contributed by atoms with Gasteiger partial charge >= 0.3 is 5.97 Å². The maximum Gasteiger partial charge on any atom is 0.306 e. The lowest BCUT2D eigenvalue weighted by molar-refractivity contribution is -0.148. The van der Waals surface area contributed by atoms with E-state index in [2.05, 4.69) is 0 Å². The van der Waals surface area contributed by atoms with Gasteiger partial charge in [-0.05, 0) is 31.9 Å². The molecule has 1 aromatic rings. The quantitative estimate of drug-likeness (QED) is 0.921. The SMILES string of the molecule is CC1CC(C(=O)O)CCN1C(=O)COc1cccc(F)c1. The summed E-state index contributed by atoms with van der Waals surface area (Å²) in [5, 5.41) is 9.00. The second kappa shape index (κ2) is 6.56. The molecule has 1 saturated heterocycles. The largest absolute Gasteiger partial charge is 0.484 e. The molecule has 5 nitrogen and oxygen atoms in total. The number of carboxylic acids is 1. The summed E-state index contributed by atoms with van der Waals surface area (Å²) >= 11 is 0. The standard InChI is InChI=1S/C15H18FNO4/c1-10-7-11(15(19)20)5-6-17(10)14(18)9-21-13-4-2-3-12(16)8-13/h2-4,8,10-11H,5-7,9H2,1H3,(H,19,20). The Kier molecular flexibility index (Phi) is 4.77. The monoisotopic (exact) mass is 295 g/mol. The summed E-state index contributed by atoms with van der Waals surface area (Å²) in [5.41, 5.74) is 0. The van der Waals surface area contributed by atoms with Crippen LogP contribution < -0.4 is 4.74 Å². The van der Waals surface area contributed by atoms with E-state index in [0.717, 1.165) is 0 Å². The third-order valence-corrected chi connectivity index (χ3v) is 3.70. The van der Waals surface area contributed by atoms with Crippen molar-refractivity contribution < 1.29 is 23.8 Å². The van der Waals surface area contributed by atoms with Crippen LogP contribution in [0.4, 0.5) is 4.39 Å². The molecule has 114 valence electrons. The van der Waals surface area contributed by atoms with Gasteiger partial charge in [-0.15, -0.1) is 0 Å². The third-order valence-electron chi connectivity index (χ3n) is 3.70. The van der Waals surface area contributed by atoms with E-state index in [4.69, 9.17) is 9.84 Å². The Hall–Kier alpha value is -2.11. The van der Waals surface area contributed by atoms with Gasteiger partial charge in [-0.2, -0.15) is 0 Å². The Bertz CT molecular complexity index is 534. The molecule has 0 spiro atoms. The highest BCUT2D eigenvalue weighted by molar-refractivity contribution is 5.78. The number of hydrogen-bond acceptors (Lipinski definition) is 3. The Morgan fingerprint density at radius 2 is 2.24 bits per heavy atom. The van der Waals surface area contributed by atoms with E-state index in [0.29, 0.717) is 25.1 Å². The summed E-state index contributed by atoms with van der Waals surface area (Å²) in [6.45, 7) is 2.06. The maximum absolute atomic E-state index is 13.0. The molecule has 1 aliphatic heterocycles. The van der Waals surface area contributed by atoms with E-state index < -0.39 is 17.7 Å². The number of rotatable bonds is 4. The highest BCUT2D eigenvalue weighted by Crippen LogP contribution is 2.23. The number of hydrogen-bond donors (Lipinski definition) is 1. The van der Waals surface area contributed by atoms with Gasteiger partial charge in [0.15, 0.2) is 6.61 Å². The summed E-state index contributed by atoms with van der Waals surface area (Å²) in [7, 11) is 0. The number of likely N-dealkylation sites (tertiary alicyclic amines) is 1. The second-order valence-corrected chi connectivity index (χ2v) is 5.24. The third kappa shape index (κ3) is 3.93. The number of carbonyl (C=O) groups excluding carboxylic acids is 1. The van der Waals surface area contributed by atoms with Crippen LogP contribution in [0.3, 0.4) is 0 Å². The first kappa shape index (κ1) is 15.3. The first-order valence-electron chi connectivity index (χ1n) is 6.88. The van der Waals surface area contributed by atoms with E-state index >= 15 is 0 Å². The predicted molar refractivity (Wildman–Crippen MR) is 73.4 cm³/mol. The van der Waals surface area contributed by atoms with Gasteiger partial charge in [-0.25, -0.2) is 4.39 Å². The van der Waals surface area contributed by atoms with Crippen LogP contribution in [0, 0.1) is 11.7 Å². The predicted octanol–water partition coefficient (Wildman–Crippen LogP) is 1.92. The average molecular weight is 295 g/mol. The van der Waals surface area contributed by atoms with Crippen LogP contribution in [-0.4, -0.2) is 41.1 Å². The fraction of sp³-hybridized carbons (Fsp3) is 0.467. The minimum absolute atomic E-state index is 0.136. The topological polar surface area (TPSA) is 66.8 Å². The van der Waals surface area contributed by atoms with Crippen LogP contribution in [0.1, 0.15) is 19.8 Å². The molecule has 2 rings (SSSR count). The summed E-state index contributed by atoms with van der Waals surface area (Å²) in [5.74, 6) is -1.54. The van der Waals surface area contributed by atoms with E-state index in [9.17, 15) is 14.0 Å². The number of benzene rings is 1. The van der Waals surface area contributed by atoms with Crippen LogP contribution in [-0.2, 0) is 9.59 Å². The first-order chi connectivity index (χ1) is 9.97. The molecule has 2 unspecified atom stereocenters. The van der Waals surface area contributed by atoms with Gasteiger partial charge in [-0.1, -0.05) is 6.07 Å². The van der Waals surface area contributed by atoms with Crippen molar-refractivity contribution in [3.05, 3.63) is 30.1 Å². The lowest BCUT2D eigenvalue weighted by Gasteiger charge is -2.36. The van der Waals surface area contributed by atoms with Gasteiger partial charge in [-0.3, -0.25) is 9.59 Å². The first-order valence-corrected chi connectivity index (χ1v) is 6.88. The van der Waals surface area contributed by atoms with Crippen molar-refractivity contribution >= 4 is 11.9 Å². The highest BCUT2D eigenvalue weighted by atomic mass is 19.1. The van der Waals surface area contributed by atoms with Crippen LogP contribution in [0.2, 0.25) is 0 Å². The van der Waals surface area contributed by atoms with E-state index in [1.807, 2.05) is 6.92 Å². The molecule has 1 aliphatic rings. The van der Waals surface area contributed by atoms with Crippen LogP contribution in [0.15, 0.2) is 24.3 Å². The number of carboxylic acid groups (broad SMARTS) is 1. The molecule has 1 amide bonds. The van der Waals surface area contributed by atoms with Crippen molar-refractivity contribution in [1.82, 2.24) is 4.90 Å². The molecule has 1 aromatic carbocycles. The summed E-state index contributed by atoms with van der Waals surface area (Å²) in [4.78, 5) is 24.7. The fourth-order valence-electron chi connectivity index (χ4n) is 2.55. The minimum atomic E-state index is -0.815. The lowest BCUT2D eigenvalue weighted by atomic mass is 9.92. The Morgan fingerprint density at radius 1 is 1.48 bits per heavy atom. The van der Waals surface area contributed by atoms with Crippen molar-refractivity contribution in [2.75, 3.05) is 13.2 Å². The molecular formula is C15H18FNO4. The number of ether oxygens (including phenoxy) is 1. The number of nitrogens with zero attached hydrogens (tertiary/aromatic N) is 1. The van der Waals surface area contributed by atoms with Crippen LogP contribution in [0.25, 0.3) is 0 Å². The smallest absolute Gasteiger partial charge is 0.306 e. The van der Waals surface area contributed by atoms with Crippen molar-refractivity contribution in [3.8, 4) is 5.75 Å². The van der Waals surface area contributed by atoms with E-state index in [1.54, 1.807) is 11.0 Å². The molecule has 0 aliphatic carbocycles. The molecule has 21 heavy (non-hydrogen) atoms. The molecule has 0 saturated carbocycles. The molecule has 2 atom stereocenters. The number of halogens is 1. The maximum atomic E-state index is 13.0. The summed E-state index contributed by atoms with van der Waals surface area (Å²) in [6, 6.07) is 5.47. The lowest BCUT2D eigenvalue weighted by Crippen LogP contribution is -2.47. The highest BCUT2D eigenvalue weighted by Gasteiger charge is 2.32. The minimum Gasteiger partial charge on any atom is -0.484 e. The molecule has 1 N–H and O–H groups in total. The molecule has 6 heteroatoms. The number of carbonyl (C=O) groups is 2. The van der Waals surface area contributed by atoms with Gasteiger partial charge in [0.2, 0.25) is 0 Å². The Morgan fingerprint density at radius 3 is 2.86 bits per heavy atom.